The zero-order valence-electron chi connectivity index (χ0n) is 10.1. The van der Waals surface area contributed by atoms with Crippen LogP contribution in [0.1, 0.15) is 31.5 Å². The quantitative estimate of drug-likeness (QED) is 0.776. The monoisotopic (exact) mass is 271 g/mol. The Hall–Kier alpha value is -1.02. The van der Waals surface area contributed by atoms with Gasteiger partial charge in [-0.15, -0.1) is 5.10 Å². The maximum atomic E-state index is 11.8. The largest absolute Gasteiger partial charge is 0.307 e. The van der Waals surface area contributed by atoms with E-state index in [4.69, 9.17) is 0 Å². The molecule has 2 fully saturated rings. The number of nitrogens with one attached hydrogen (secondary N) is 1. The van der Waals surface area contributed by atoms with Gasteiger partial charge in [0.1, 0.15) is 0 Å². The van der Waals surface area contributed by atoms with Gasteiger partial charge in [0.05, 0.1) is 24.1 Å². The number of aromatic nitrogens is 4. The molecule has 1 saturated carbocycles. The Kier molecular flexibility index (Phi) is 3.06. The predicted molar refractivity (Wildman–Crippen MR) is 64.5 cm³/mol. The number of hydrogen-bond acceptors (Lipinski definition) is 6. The number of nitrogens with zero attached hydrogens (tertiary/aromatic N) is 4. The summed E-state index contributed by atoms with van der Waals surface area (Å²) in [6.45, 7) is 1.00. The third-order valence-corrected chi connectivity index (χ3v) is 5.83. The highest BCUT2D eigenvalue weighted by atomic mass is 32.2. The predicted octanol–water partition coefficient (Wildman–Crippen LogP) is -0.498. The molecule has 1 aromatic rings. The third kappa shape index (κ3) is 2.54. The van der Waals surface area contributed by atoms with Gasteiger partial charge in [-0.3, -0.25) is 0 Å². The van der Waals surface area contributed by atoms with E-state index in [1.165, 1.54) is 12.8 Å². The molecular weight excluding hydrogens is 254 g/mol. The smallest absolute Gasteiger partial charge is 0.165 e. The summed E-state index contributed by atoms with van der Waals surface area (Å²) in [4.78, 5) is 0. The van der Waals surface area contributed by atoms with Gasteiger partial charge in [-0.1, -0.05) is 0 Å². The summed E-state index contributed by atoms with van der Waals surface area (Å²) >= 11 is 0. The molecule has 18 heavy (non-hydrogen) atoms. The van der Waals surface area contributed by atoms with Gasteiger partial charge >= 0.3 is 0 Å². The maximum Gasteiger partial charge on any atom is 0.165 e. The molecule has 2 aliphatic rings. The number of hydrogen-bond donors (Lipinski definition) is 1. The summed E-state index contributed by atoms with van der Waals surface area (Å²) < 4.78 is 25.2. The van der Waals surface area contributed by atoms with Crippen molar-refractivity contribution in [3.05, 3.63) is 5.82 Å². The third-order valence-electron chi connectivity index (χ3n) is 3.57. The van der Waals surface area contributed by atoms with Gasteiger partial charge in [-0.25, -0.2) is 13.1 Å². The van der Waals surface area contributed by atoms with Gasteiger partial charge in [0.25, 0.3) is 0 Å². The summed E-state index contributed by atoms with van der Waals surface area (Å²) in [5.41, 5.74) is 0. The van der Waals surface area contributed by atoms with Gasteiger partial charge < -0.3 is 5.32 Å². The van der Waals surface area contributed by atoms with Crippen LogP contribution in [-0.4, -0.2) is 45.7 Å². The van der Waals surface area contributed by atoms with Crippen molar-refractivity contribution in [2.75, 3.05) is 5.75 Å². The van der Waals surface area contributed by atoms with Crippen LogP contribution >= 0.6 is 0 Å². The average Bonchev–Trinajstić information content (AvgIpc) is 2.96. The summed E-state index contributed by atoms with van der Waals surface area (Å²) in [6, 6.07) is 0.588. The molecule has 8 heteroatoms. The van der Waals surface area contributed by atoms with Crippen LogP contribution < -0.4 is 5.32 Å². The second-order valence-corrected chi connectivity index (χ2v) is 7.46. The average molecular weight is 271 g/mol. The van der Waals surface area contributed by atoms with E-state index in [1.54, 1.807) is 4.68 Å². The molecule has 0 radical (unpaired) electrons. The van der Waals surface area contributed by atoms with Crippen molar-refractivity contribution in [2.45, 2.75) is 50.1 Å². The van der Waals surface area contributed by atoms with Crippen molar-refractivity contribution < 1.29 is 8.42 Å². The van der Waals surface area contributed by atoms with Crippen molar-refractivity contribution in [1.82, 2.24) is 25.5 Å². The van der Waals surface area contributed by atoms with Crippen LogP contribution in [0.5, 0.6) is 0 Å². The van der Waals surface area contributed by atoms with E-state index in [-0.39, 0.29) is 5.25 Å². The molecule has 1 unspecified atom stereocenters. The normalized spacial score (nSPS) is 26.6. The fourth-order valence-electron chi connectivity index (χ4n) is 2.27. The first-order chi connectivity index (χ1) is 8.65. The SMILES string of the molecule is O=S1(=O)CCCC1Cn1nnnc1CNC1CC1. The van der Waals surface area contributed by atoms with Gasteiger partial charge in [-0.05, 0) is 36.1 Å². The van der Waals surface area contributed by atoms with Crippen molar-refractivity contribution in [2.24, 2.45) is 0 Å². The van der Waals surface area contributed by atoms with Crippen LogP contribution in [0.2, 0.25) is 0 Å². The summed E-state index contributed by atoms with van der Waals surface area (Å²) in [5, 5.41) is 14.5. The molecule has 3 rings (SSSR count). The molecule has 2 heterocycles. The van der Waals surface area contributed by atoms with Crippen LogP contribution in [0.15, 0.2) is 0 Å². The van der Waals surface area contributed by atoms with Crippen molar-refractivity contribution in [3.8, 4) is 0 Å². The lowest BCUT2D eigenvalue weighted by molar-refractivity contribution is 0.506. The van der Waals surface area contributed by atoms with Crippen molar-refractivity contribution >= 4 is 9.84 Å². The maximum absolute atomic E-state index is 11.8. The molecular formula is C10H17N5O2S. The first kappa shape index (κ1) is 12.0. The second-order valence-electron chi connectivity index (χ2n) is 5.06. The van der Waals surface area contributed by atoms with Gasteiger partial charge in [-0.2, -0.15) is 0 Å². The lowest BCUT2D eigenvalue weighted by Crippen LogP contribution is -2.26. The molecule has 100 valence electrons. The second kappa shape index (κ2) is 4.58. The molecule has 1 saturated heterocycles. The fraction of sp³-hybridized carbons (Fsp3) is 0.900. The first-order valence-electron chi connectivity index (χ1n) is 6.35. The number of sulfone groups is 1. The molecule has 1 aliphatic heterocycles. The Morgan fingerprint density at radius 2 is 2.17 bits per heavy atom. The Labute approximate surface area is 106 Å². The Bertz CT molecular complexity index is 522. The Morgan fingerprint density at radius 1 is 1.33 bits per heavy atom. The molecule has 1 aromatic heterocycles. The minimum absolute atomic E-state index is 0.301. The molecule has 1 atom stereocenters. The molecule has 0 amide bonds. The molecule has 1 aliphatic carbocycles. The Balaban J connectivity index is 1.66. The summed E-state index contributed by atoms with van der Waals surface area (Å²) in [7, 11) is -2.94. The zero-order valence-corrected chi connectivity index (χ0v) is 10.9. The van der Waals surface area contributed by atoms with E-state index >= 15 is 0 Å². The molecule has 0 spiro atoms. The highest BCUT2D eigenvalue weighted by Crippen LogP contribution is 2.22. The van der Waals surface area contributed by atoms with Crippen LogP contribution in [0, 0.1) is 0 Å². The fourth-order valence-corrected chi connectivity index (χ4v) is 4.07. The highest BCUT2D eigenvalue weighted by Gasteiger charge is 2.32. The topological polar surface area (TPSA) is 89.8 Å². The van der Waals surface area contributed by atoms with E-state index < -0.39 is 9.84 Å². The van der Waals surface area contributed by atoms with Crippen LogP contribution in [0.25, 0.3) is 0 Å². The molecule has 0 bridgehead atoms. The molecule has 7 nitrogen and oxygen atoms in total. The lowest BCUT2D eigenvalue weighted by atomic mass is 10.2. The lowest BCUT2D eigenvalue weighted by Gasteiger charge is -2.10. The number of rotatable bonds is 5. The van der Waals surface area contributed by atoms with E-state index in [0.717, 1.165) is 18.7 Å². The van der Waals surface area contributed by atoms with Crippen LogP contribution in [0.4, 0.5) is 0 Å². The minimum Gasteiger partial charge on any atom is -0.307 e. The van der Waals surface area contributed by atoms with Crippen molar-refractivity contribution in [1.29, 1.82) is 0 Å². The summed E-state index contributed by atoms with van der Waals surface area (Å²) in [5.74, 6) is 1.03. The van der Waals surface area contributed by atoms with E-state index in [0.29, 0.717) is 24.9 Å². The molecule has 1 N–H and O–H groups in total. The van der Waals surface area contributed by atoms with Gasteiger partial charge in [0, 0.05) is 6.04 Å². The summed E-state index contributed by atoms with van der Waals surface area (Å²) in [6.07, 6.45) is 3.89. The molecule has 0 aromatic carbocycles. The van der Waals surface area contributed by atoms with E-state index in [9.17, 15) is 8.42 Å². The van der Waals surface area contributed by atoms with Crippen molar-refractivity contribution in [3.63, 3.8) is 0 Å². The first-order valence-corrected chi connectivity index (χ1v) is 8.07. The van der Waals surface area contributed by atoms with Crippen LogP contribution in [0.3, 0.4) is 0 Å². The van der Waals surface area contributed by atoms with E-state index in [1.807, 2.05) is 0 Å². The Morgan fingerprint density at radius 3 is 2.83 bits per heavy atom. The highest BCUT2D eigenvalue weighted by molar-refractivity contribution is 7.92. The van der Waals surface area contributed by atoms with Gasteiger partial charge in [0.2, 0.25) is 0 Å². The minimum atomic E-state index is -2.94. The zero-order chi connectivity index (χ0) is 12.6. The van der Waals surface area contributed by atoms with E-state index in [2.05, 4.69) is 20.8 Å². The van der Waals surface area contributed by atoms with Gasteiger partial charge in [0.15, 0.2) is 15.7 Å². The number of tetrazole rings is 1. The van der Waals surface area contributed by atoms with Crippen LogP contribution in [-0.2, 0) is 22.9 Å². The standard InChI is InChI=1S/C10H17N5O2S/c16-18(17)5-1-2-9(18)7-15-10(12-13-14-15)6-11-8-3-4-8/h8-9,11H,1-7H2.